The van der Waals surface area contributed by atoms with Crippen molar-refractivity contribution in [1.82, 2.24) is 0 Å². The largest absolute Gasteiger partial charge is 0.459 e. The summed E-state index contributed by atoms with van der Waals surface area (Å²) >= 11 is 0. The molecule has 1 heterocycles. The standard InChI is InChI=1S/C7H13NO2.ClH/c1-7(2)4-3-5(8)6(9)10-7;/h5H,3-4,8H2,1-2H3;1H/t5-;/m0./s1. The predicted molar refractivity (Wildman–Crippen MR) is 44.6 cm³/mol. The van der Waals surface area contributed by atoms with Gasteiger partial charge in [0.2, 0.25) is 0 Å². The second kappa shape index (κ2) is 3.41. The van der Waals surface area contributed by atoms with Gasteiger partial charge in [-0.3, -0.25) is 4.79 Å². The number of hydrogen-bond donors (Lipinski definition) is 1. The molecule has 0 saturated carbocycles. The Balaban J connectivity index is 0.000001000. The third-order valence-electron chi connectivity index (χ3n) is 1.74. The van der Waals surface area contributed by atoms with Crippen LogP contribution in [0.15, 0.2) is 0 Å². The van der Waals surface area contributed by atoms with Gasteiger partial charge in [0.05, 0.1) is 0 Å². The van der Waals surface area contributed by atoms with Gasteiger partial charge in [-0.05, 0) is 26.7 Å². The zero-order chi connectivity index (χ0) is 7.78. The van der Waals surface area contributed by atoms with Gasteiger partial charge in [0.1, 0.15) is 11.6 Å². The molecule has 0 radical (unpaired) electrons. The van der Waals surface area contributed by atoms with E-state index in [2.05, 4.69) is 0 Å². The van der Waals surface area contributed by atoms with Crippen molar-refractivity contribution in [3.63, 3.8) is 0 Å². The molecule has 4 heteroatoms. The van der Waals surface area contributed by atoms with E-state index in [1.165, 1.54) is 0 Å². The number of esters is 1. The topological polar surface area (TPSA) is 52.3 Å². The lowest BCUT2D eigenvalue weighted by atomic mass is 9.96. The van der Waals surface area contributed by atoms with Crippen molar-refractivity contribution in [3.8, 4) is 0 Å². The van der Waals surface area contributed by atoms with Crippen molar-refractivity contribution in [2.24, 2.45) is 5.73 Å². The number of cyclic esters (lactones) is 1. The maximum absolute atomic E-state index is 10.9. The summed E-state index contributed by atoms with van der Waals surface area (Å²) in [6, 6.07) is -0.395. The van der Waals surface area contributed by atoms with E-state index >= 15 is 0 Å². The number of carbonyl (C=O) groups is 1. The summed E-state index contributed by atoms with van der Waals surface area (Å²) in [5, 5.41) is 0. The monoisotopic (exact) mass is 179 g/mol. The van der Waals surface area contributed by atoms with Gasteiger partial charge in [-0.25, -0.2) is 0 Å². The maximum atomic E-state index is 10.9. The molecule has 0 unspecified atom stereocenters. The van der Waals surface area contributed by atoms with Gasteiger partial charge in [0, 0.05) is 0 Å². The third kappa shape index (κ3) is 2.67. The number of halogens is 1. The molecule has 11 heavy (non-hydrogen) atoms. The number of ether oxygens (including phenoxy) is 1. The fourth-order valence-corrected chi connectivity index (χ4v) is 1.02. The molecule has 1 rings (SSSR count). The summed E-state index contributed by atoms with van der Waals surface area (Å²) < 4.78 is 5.02. The first-order chi connectivity index (χ1) is 4.51. The van der Waals surface area contributed by atoms with Crippen LogP contribution in [0.3, 0.4) is 0 Å². The summed E-state index contributed by atoms with van der Waals surface area (Å²) in [5.41, 5.74) is 5.13. The highest BCUT2D eigenvalue weighted by molar-refractivity contribution is 5.85. The fourth-order valence-electron chi connectivity index (χ4n) is 1.02. The minimum absolute atomic E-state index is 0. The molecule has 1 aliphatic rings. The van der Waals surface area contributed by atoms with Gasteiger partial charge in [0.25, 0.3) is 0 Å². The van der Waals surface area contributed by atoms with Crippen molar-refractivity contribution in [2.45, 2.75) is 38.3 Å². The van der Waals surface area contributed by atoms with E-state index < -0.39 is 6.04 Å². The van der Waals surface area contributed by atoms with Crippen LogP contribution < -0.4 is 5.73 Å². The molecule has 1 aliphatic heterocycles. The maximum Gasteiger partial charge on any atom is 0.323 e. The summed E-state index contributed by atoms with van der Waals surface area (Å²) in [5.74, 6) is -0.267. The van der Waals surface area contributed by atoms with Crippen LogP contribution >= 0.6 is 12.4 Å². The molecule has 0 aliphatic carbocycles. The second-order valence-corrected chi connectivity index (χ2v) is 3.33. The quantitative estimate of drug-likeness (QED) is 0.561. The summed E-state index contributed by atoms with van der Waals surface area (Å²) in [7, 11) is 0. The number of rotatable bonds is 0. The predicted octanol–water partition coefficient (Wildman–Crippen LogP) is 0.851. The highest BCUT2D eigenvalue weighted by atomic mass is 35.5. The first-order valence-corrected chi connectivity index (χ1v) is 3.50. The Bertz CT molecular complexity index is 159. The van der Waals surface area contributed by atoms with Crippen molar-refractivity contribution in [1.29, 1.82) is 0 Å². The average molecular weight is 180 g/mol. The molecule has 66 valence electrons. The molecule has 0 bridgehead atoms. The zero-order valence-electron chi connectivity index (χ0n) is 6.79. The van der Waals surface area contributed by atoms with E-state index in [-0.39, 0.29) is 24.0 Å². The van der Waals surface area contributed by atoms with E-state index in [0.717, 1.165) is 12.8 Å². The molecular weight excluding hydrogens is 166 g/mol. The van der Waals surface area contributed by atoms with Crippen LogP contribution in [0, 0.1) is 0 Å². The normalized spacial score (nSPS) is 28.6. The van der Waals surface area contributed by atoms with Gasteiger partial charge in [-0.15, -0.1) is 12.4 Å². The Labute approximate surface area is 72.7 Å². The van der Waals surface area contributed by atoms with E-state index in [0.29, 0.717) is 0 Å². The Kier molecular flexibility index (Phi) is 3.32. The molecule has 0 aromatic carbocycles. The van der Waals surface area contributed by atoms with Crippen molar-refractivity contribution >= 4 is 18.4 Å². The van der Waals surface area contributed by atoms with E-state index in [1.807, 2.05) is 13.8 Å². The Hall–Kier alpha value is -0.280. The fraction of sp³-hybridized carbons (Fsp3) is 0.857. The number of carbonyl (C=O) groups excluding carboxylic acids is 1. The molecule has 1 atom stereocenters. The van der Waals surface area contributed by atoms with Crippen LogP contribution in [0.4, 0.5) is 0 Å². The SMILES string of the molecule is CC1(C)CC[C@H](N)C(=O)O1.Cl. The first-order valence-electron chi connectivity index (χ1n) is 3.50. The zero-order valence-corrected chi connectivity index (χ0v) is 7.61. The van der Waals surface area contributed by atoms with E-state index in [1.54, 1.807) is 0 Å². The summed E-state index contributed by atoms with van der Waals surface area (Å²) in [4.78, 5) is 10.9. The van der Waals surface area contributed by atoms with Crippen LogP contribution in [-0.4, -0.2) is 17.6 Å². The molecular formula is C7H14ClNO2. The highest BCUT2D eigenvalue weighted by Crippen LogP contribution is 2.23. The van der Waals surface area contributed by atoms with Crippen LogP contribution in [0.5, 0.6) is 0 Å². The summed E-state index contributed by atoms with van der Waals surface area (Å²) in [6.07, 6.45) is 1.60. The molecule has 1 fully saturated rings. The number of hydrogen-bond acceptors (Lipinski definition) is 3. The lowest BCUT2D eigenvalue weighted by molar-refractivity contribution is -0.165. The van der Waals surface area contributed by atoms with Crippen molar-refractivity contribution < 1.29 is 9.53 Å². The van der Waals surface area contributed by atoms with Crippen LogP contribution in [0.2, 0.25) is 0 Å². The van der Waals surface area contributed by atoms with Crippen molar-refractivity contribution in [2.75, 3.05) is 0 Å². The first kappa shape index (κ1) is 10.7. The molecule has 2 N–H and O–H groups in total. The molecule has 0 aromatic rings. The third-order valence-corrected chi connectivity index (χ3v) is 1.74. The average Bonchev–Trinajstić information content (AvgIpc) is 1.79. The van der Waals surface area contributed by atoms with Crippen LogP contribution in [0.25, 0.3) is 0 Å². The van der Waals surface area contributed by atoms with Gasteiger partial charge >= 0.3 is 5.97 Å². The Morgan fingerprint density at radius 1 is 1.64 bits per heavy atom. The van der Waals surface area contributed by atoms with Gasteiger partial charge < -0.3 is 10.5 Å². The highest BCUT2D eigenvalue weighted by Gasteiger charge is 2.32. The van der Waals surface area contributed by atoms with E-state index in [9.17, 15) is 4.79 Å². The second-order valence-electron chi connectivity index (χ2n) is 3.33. The minimum atomic E-state index is -0.395. The molecule has 0 aromatic heterocycles. The van der Waals surface area contributed by atoms with Crippen LogP contribution in [0.1, 0.15) is 26.7 Å². The summed E-state index contributed by atoms with van der Waals surface area (Å²) in [6.45, 7) is 3.80. The van der Waals surface area contributed by atoms with Gasteiger partial charge in [-0.1, -0.05) is 0 Å². The van der Waals surface area contributed by atoms with E-state index in [4.69, 9.17) is 10.5 Å². The molecule has 3 nitrogen and oxygen atoms in total. The molecule has 1 saturated heterocycles. The molecule has 0 spiro atoms. The smallest absolute Gasteiger partial charge is 0.323 e. The number of nitrogens with two attached hydrogens (primary N) is 1. The van der Waals surface area contributed by atoms with Gasteiger partial charge in [-0.2, -0.15) is 0 Å². The van der Waals surface area contributed by atoms with Crippen LogP contribution in [-0.2, 0) is 9.53 Å². The Morgan fingerprint density at radius 2 is 2.18 bits per heavy atom. The Morgan fingerprint density at radius 3 is 2.55 bits per heavy atom. The minimum Gasteiger partial charge on any atom is -0.459 e. The lowest BCUT2D eigenvalue weighted by Crippen LogP contribution is -2.44. The van der Waals surface area contributed by atoms with Gasteiger partial charge in [0.15, 0.2) is 0 Å². The van der Waals surface area contributed by atoms with Crippen molar-refractivity contribution in [3.05, 3.63) is 0 Å². The lowest BCUT2D eigenvalue weighted by Gasteiger charge is -2.32. The molecule has 0 amide bonds.